The average Bonchev–Trinajstić information content (AvgIpc) is 3.45. The summed E-state index contributed by atoms with van der Waals surface area (Å²) >= 11 is 0. The van der Waals surface area contributed by atoms with Crippen molar-refractivity contribution in [2.24, 2.45) is 5.92 Å². The normalized spacial score (nSPS) is 13.5. The van der Waals surface area contributed by atoms with Crippen molar-refractivity contribution in [3.05, 3.63) is 84.0 Å². The van der Waals surface area contributed by atoms with Crippen molar-refractivity contribution >= 4 is 5.91 Å². The lowest BCUT2D eigenvalue weighted by molar-refractivity contribution is -0.134. The van der Waals surface area contributed by atoms with Gasteiger partial charge in [-0.2, -0.15) is 0 Å². The molecule has 4 rings (SSSR count). The van der Waals surface area contributed by atoms with Gasteiger partial charge in [0, 0.05) is 43.8 Å². The van der Waals surface area contributed by atoms with Crippen LogP contribution in [-0.2, 0) is 24.4 Å². The minimum Gasteiger partial charge on any atom is -0.331 e. The van der Waals surface area contributed by atoms with Gasteiger partial charge in [0.05, 0.1) is 6.54 Å². The maximum Gasteiger partial charge on any atom is 0.226 e. The van der Waals surface area contributed by atoms with Crippen LogP contribution in [0.3, 0.4) is 0 Å². The highest BCUT2D eigenvalue weighted by Crippen LogP contribution is 2.32. The summed E-state index contributed by atoms with van der Waals surface area (Å²) in [5.41, 5.74) is 1.99. The zero-order chi connectivity index (χ0) is 18.6. The Labute approximate surface area is 157 Å². The van der Waals surface area contributed by atoms with Crippen LogP contribution in [0.15, 0.2) is 61.2 Å². The van der Waals surface area contributed by atoms with Crippen molar-refractivity contribution in [1.82, 2.24) is 19.4 Å². The van der Waals surface area contributed by atoms with Gasteiger partial charge in [-0.3, -0.25) is 9.78 Å². The van der Waals surface area contributed by atoms with Gasteiger partial charge in [-0.05, 0) is 42.2 Å². The van der Waals surface area contributed by atoms with Gasteiger partial charge in [0.15, 0.2) is 0 Å². The Morgan fingerprint density at radius 2 is 1.93 bits per heavy atom. The van der Waals surface area contributed by atoms with Crippen LogP contribution in [-0.4, -0.2) is 25.3 Å². The lowest BCUT2D eigenvalue weighted by Gasteiger charge is -2.23. The molecule has 1 aliphatic rings. The number of carbonyl (C=O) groups excluding carboxylic acids is 1. The fourth-order valence-corrected chi connectivity index (χ4v) is 3.11. The lowest BCUT2D eigenvalue weighted by Crippen LogP contribution is -2.32. The molecule has 138 valence electrons. The molecule has 1 fully saturated rings. The molecule has 1 aromatic carbocycles. The first-order valence-electron chi connectivity index (χ1n) is 9.11. The zero-order valence-corrected chi connectivity index (χ0v) is 15.0. The SMILES string of the molecule is O=C(C1CC1)N(Cc1cccnc1)Cc1nccn1Cc1ccc(F)cc1. The number of carbonyl (C=O) groups is 1. The molecular weight excluding hydrogens is 343 g/mol. The minimum absolute atomic E-state index is 0.141. The Morgan fingerprint density at radius 1 is 1.11 bits per heavy atom. The molecule has 0 bridgehead atoms. The van der Waals surface area contributed by atoms with E-state index in [9.17, 15) is 9.18 Å². The van der Waals surface area contributed by atoms with Crippen molar-refractivity contribution in [2.45, 2.75) is 32.5 Å². The molecule has 1 aliphatic carbocycles. The number of imidazole rings is 1. The number of nitrogens with zero attached hydrogens (tertiary/aromatic N) is 4. The Balaban J connectivity index is 1.51. The highest BCUT2D eigenvalue weighted by Gasteiger charge is 2.33. The molecule has 0 spiro atoms. The summed E-state index contributed by atoms with van der Waals surface area (Å²) in [5, 5.41) is 0. The monoisotopic (exact) mass is 364 g/mol. The van der Waals surface area contributed by atoms with Gasteiger partial charge in [-0.15, -0.1) is 0 Å². The number of rotatable bonds is 7. The van der Waals surface area contributed by atoms with Gasteiger partial charge in [0.2, 0.25) is 5.91 Å². The quantitative estimate of drug-likeness (QED) is 0.646. The van der Waals surface area contributed by atoms with Gasteiger partial charge < -0.3 is 9.47 Å². The molecule has 1 saturated carbocycles. The van der Waals surface area contributed by atoms with E-state index in [1.807, 2.05) is 27.8 Å². The third-order valence-corrected chi connectivity index (χ3v) is 4.73. The van der Waals surface area contributed by atoms with Crippen LogP contribution in [0.4, 0.5) is 4.39 Å². The first-order valence-corrected chi connectivity index (χ1v) is 9.11. The zero-order valence-electron chi connectivity index (χ0n) is 15.0. The molecule has 0 aliphatic heterocycles. The van der Waals surface area contributed by atoms with E-state index in [-0.39, 0.29) is 17.6 Å². The van der Waals surface area contributed by atoms with E-state index in [1.54, 1.807) is 30.7 Å². The fraction of sp³-hybridized carbons (Fsp3) is 0.286. The first kappa shape index (κ1) is 17.4. The van der Waals surface area contributed by atoms with E-state index in [2.05, 4.69) is 9.97 Å². The summed E-state index contributed by atoms with van der Waals surface area (Å²) in [6.07, 6.45) is 9.08. The van der Waals surface area contributed by atoms with Gasteiger partial charge in [0.25, 0.3) is 0 Å². The average molecular weight is 364 g/mol. The molecule has 0 radical (unpaired) electrons. The highest BCUT2D eigenvalue weighted by atomic mass is 19.1. The predicted molar refractivity (Wildman–Crippen MR) is 98.9 cm³/mol. The lowest BCUT2D eigenvalue weighted by atomic mass is 10.2. The molecule has 0 unspecified atom stereocenters. The Hall–Kier alpha value is -3.02. The first-order chi connectivity index (χ1) is 13.2. The highest BCUT2D eigenvalue weighted by molar-refractivity contribution is 5.81. The predicted octanol–water partition coefficient (Wildman–Crippen LogP) is 3.40. The van der Waals surface area contributed by atoms with E-state index in [0.29, 0.717) is 19.6 Å². The number of benzene rings is 1. The van der Waals surface area contributed by atoms with E-state index >= 15 is 0 Å². The summed E-state index contributed by atoms with van der Waals surface area (Å²) in [5.74, 6) is 0.886. The Bertz CT molecular complexity index is 903. The van der Waals surface area contributed by atoms with Crippen LogP contribution in [0.25, 0.3) is 0 Å². The second-order valence-electron chi connectivity index (χ2n) is 6.93. The summed E-state index contributed by atoms with van der Waals surface area (Å²) in [7, 11) is 0. The number of hydrogen-bond acceptors (Lipinski definition) is 3. The molecule has 2 heterocycles. The van der Waals surface area contributed by atoms with E-state index in [0.717, 1.165) is 29.8 Å². The van der Waals surface area contributed by atoms with E-state index in [1.165, 1.54) is 12.1 Å². The third kappa shape index (κ3) is 4.39. The molecule has 5 nitrogen and oxygen atoms in total. The summed E-state index contributed by atoms with van der Waals surface area (Å²) in [4.78, 5) is 23.2. The molecule has 0 atom stereocenters. The summed E-state index contributed by atoms with van der Waals surface area (Å²) < 4.78 is 15.1. The largest absolute Gasteiger partial charge is 0.331 e. The van der Waals surface area contributed by atoms with Crippen LogP contribution in [0.2, 0.25) is 0 Å². The van der Waals surface area contributed by atoms with Gasteiger partial charge in [-0.25, -0.2) is 9.37 Å². The third-order valence-electron chi connectivity index (χ3n) is 4.73. The summed E-state index contributed by atoms with van der Waals surface area (Å²) in [6, 6.07) is 10.3. The number of pyridine rings is 1. The van der Waals surface area contributed by atoms with Gasteiger partial charge >= 0.3 is 0 Å². The number of hydrogen-bond donors (Lipinski definition) is 0. The van der Waals surface area contributed by atoms with Crippen molar-refractivity contribution < 1.29 is 9.18 Å². The molecule has 3 aromatic rings. The topological polar surface area (TPSA) is 51.0 Å². The second kappa shape index (κ2) is 7.70. The fourth-order valence-electron chi connectivity index (χ4n) is 3.11. The van der Waals surface area contributed by atoms with Crippen LogP contribution >= 0.6 is 0 Å². The van der Waals surface area contributed by atoms with Crippen molar-refractivity contribution in [1.29, 1.82) is 0 Å². The molecule has 6 heteroatoms. The molecule has 1 amide bonds. The van der Waals surface area contributed by atoms with Gasteiger partial charge in [0.1, 0.15) is 11.6 Å². The number of halogens is 1. The van der Waals surface area contributed by atoms with Gasteiger partial charge in [-0.1, -0.05) is 18.2 Å². The van der Waals surface area contributed by atoms with Crippen molar-refractivity contribution in [2.75, 3.05) is 0 Å². The maximum atomic E-state index is 13.1. The molecule has 0 saturated heterocycles. The Morgan fingerprint density at radius 3 is 2.63 bits per heavy atom. The maximum absolute atomic E-state index is 13.1. The molecule has 27 heavy (non-hydrogen) atoms. The standard InChI is InChI=1S/C21H21FN4O/c22-19-7-3-16(4-8-19)13-25-11-10-24-20(25)15-26(21(27)18-5-6-18)14-17-2-1-9-23-12-17/h1-4,7-12,18H,5-6,13-15H2. The van der Waals surface area contributed by atoms with Crippen molar-refractivity contribution in [3.8, 4) is 0 Å². The van der Waals surface area contributed by atoms with Crippen LogP contribution in [0.5, 0.6) is 0 Å². The number of aromatic nitrogens is 3. The minimum atomic E-state index is -0.248. The van der Waals surface area contributed by atoms with Crippen LogP contribution in [0, 0.1) is 11.7 Å². The second-order valence-corrected chi connectivity index (χ2v) is 6.93. The molecule has 0 N–H and O–H groups in total. The van der Waals surface area contributed by atoms with E-state index in [4.69, 9.17) is 0 Å². The molecular formula is C21H21FN4O. The smallest absolute Gasteiger partial charge is 0.226 e. The molecule has 2 aromatic heterocycles. The summed E-state index contributed by atoms with van der Waals surface area (Å²) in [6.45, 7) is 1.55. The van der Waals surface area contributed by atoms with Crippen LogP contribution in [0.1, 0.15) is 29.8 Å². The number of amides is 1. The van der Waals surface area contributed by atoms with E-state index < -0.39 is 0 Å². The van der Waals surface area contributed by atoms with Crippen molar-refractivity contribution in [3.63, 3.8) is 0 Å². The van der Waals surface area contributed by atoms with Crippen LogP contribution < -0.4 is 0 Å². The Kier molecular flexibility index (Phi) is 4.96.